The summed E-state index contributed by atoms with van der Waals surface area (Å²) in [6.07, 6.45) is 2.80. The molecule has 2 aromatic rings. The van der Waals surface area contributed by atoms with Crippen molar-refractivity contribution < 1.29 is 4.79 Å². The van der Waals surface area contributed by atoms with Crippen LogP contribution in [0.15, 0.2) is 42.5 Å². The van der Waals surface area contributed by atoms with Crippen molar-refractivity contribution in [3.8, 4) is 0 Å². The van der Waals surface area contributed by atoms with E-state index < -0.39 is 0 Å². The predicted molar refractivity (Wildman–Crippen MR) is 115 cm³/mol. The number of carbonyl (C=O) groups excluding carboxylic acids is 1. The van der Waals surface area contributed by atoms with Crippen LogP contribution in [0.1, 0.15) is 37.8 Å². The number of aryl methyl sites for hydroxylation is 2. The fourth-order valence-corrected chi connectivity index (χ4v) is 3.87. The second kappa shape index (κ2) is 8.94. The van der Waals surface area contributed by atoms with Gasteiger partial charge in [0, 0.05) is 49.7 Å². The predicted octanol–water partition coefficient (Wildman–Crippen LogP) is 4.62. The summed E-state index contributed by atoms with van der Waals surface area (Å²) in [5.74, 6) is 0.0803. The number of amides is 1. The van der Waals surface area contributed by atoms with Gasteiger partial charge in [-0.2, -0.15) is 0 Å². The van der Waals surface area contributed by atoms with E-state index in [9.17, 15) is 4.79 Å². The van der Waals surface area contributed by atoms with Gasteiger partial charge < -0.3 is 15.1 Å². The van der Waals surface area contributed by atoms with Gasteiger partial charge in [0.15, 0.2) is 0 Å². The molecule has 1 aliphatic rings. The molecule has 3 rings (SSSR count). The first kappa shape index (κ1) is 19.3. The molecular weight excluding hydrogens is 334 g/mol. The topological polar surface area (TPSA) is 35.6 Å². The molecule has 0 radical (unpaired) electrons. The summed E-state index contributed by atoms with van der Waals surface area (Å²) < 4.78 is 0. The Morgan fingerprint density at radius 3 is 2.67 bits per heavy atom. The van der Waals surface area contributed by atoms with Gasteiger partial charge in [-0.3, -0.25) is 4.79 Å². The van der Waals surface area contributed by atoms with E-state index in [-0.39, 0.29) is 5.91 Å². The number of para-hydroxylation sites is 1. The number of fused-ring (bicyclic) bond motifs is 1. The lowest BCUT2D eigenvalue weighted by Crippen LogP contribution is -2.32. The molecular formula is C23H31N3O. The van der Waals surface area contributed by atoms with Crippen molar-refractivity contribution in [3.63, 3.8) is 0 Å². The highest BCUT2D eigenvalue weighted by Crippen LogP contribution is 2.27. The average molecular weight is 366 g/mol. The van der Waals surface area contributed by atoms with Gasteiger partial charge in [-0.15, -0.1) is 0 Å². The van der Waals surface area contributed by atoms with Crippen LogP contribution in [0.25, 0.3) is 0 Å². The van der Waals surface area contributed by atoms with Crippen molar-refractivity contribution in [2.75, 3.05) is 41.3 Å². The van der Waals surface area contributed by atoms with Gasteiger partial charge >= 0.3 is 0 Å². The van der Waals surface area contributed by atoms with Crippen LogP contribution in [0.5, 0.6) is 0 Å². The Labute approximate surface area is 163 Å². The molecule has 0 aliphatic carbocycles. The highest BCUT2D eigenvalue weighted by atomic mass is 16.1. The van der Waals surface area contributed by atoms with Gasteiger partial charge in [0.2, 0.25) is 5.91 Å². The van der Waals surface area contributed by atoms with E-state index in [1.165, 1.54) is 16.9 Å². The van der Waals surface area contributed by atoms with Crippen LogP contribution in [0.4, 0.5) is 17.1 Å². The number of benzene rings is 2. The maximum absolute atomic E-state index is 12.5. The minimum atomic E-state index is 0.0803. The van der Waals surface area contributed by atoms with E-state index in [1.807, 2.05) is 6.07 Å². The lowest BCUT2D eigenvalue weighted by atomic mass is 10.0. The number of hydrogen-bond acceptors (Lipinski definition) is 3. The third-order valence-corrected chi connectivity index (χ3v) is 5.43. The molecule has 0 atom stereocenters. The van der Waals surface area contributed by atoms with Crippen molar-refractivity contribution in [2.24, 2.45) is 0 Å². The summed E-state index contributed by atoms with van der Waals surface area (Å²) in [7, 11) is 0. The van der Waals surface area contributed by atoms with Crippen molar-refractivity contribution in [2.45, 2.75) is 40.0 Å². The fraction of sp³-hybridized carbons (Fsp3) is 0.435. The molecule has 0 fully saturated rings. The summed E-state index contributed by atoms with van der Waals surface area (Å²) >= 11 is 0. The number of carbonyl (C=O) groups is 1. The quantitative estimate of drug-likeness (QED) is 0.777. The van der Waals surface area contributed by atoms with Crippen LogP contribution in [-0.4, -0.2) is 32.1 Å². The second-order valence-corrected chi connectivity index (χ2v) is 7.19. The van der Waals surface area contributed by atoms with Crippen molar-refractivity contribution >= 4 is 23.0 Å². The zero-order valence-electron chi connectivity index (χ0n) is 16.8. The molecule has 1 heterocycles. The summed E-state index contributed by atoms with van der Waals surface area (Å²) in [4.78, 5) is 17.2. The van der Waals surface area contributed by atoms with Gasteiger partial charge in [0.05, 0.1) is 0 Å². The normalized spacial score (nSPS) is 13.2. The third-order valence-electron chi connectivity index (χ3n) is 5.43. The highest BCUT2D eigenvalue weighted by Gasteiger charge is 2.17. The first-order valence-electron chi connectivity index (χ1n) is 10.1. The van der Waals surface area contributed by atoms with Crippen LogP contribution in [0.3, 0.4) is 0 Å². The lowest BCUT2D eigenvalue weighted by Gasteiger charge is -2.31. The Morgan fingerprint density at radius 2 is 1.93 bits per heavy atom. The Bertz CT molecular complexity index is 783. The van der Waals surface area contributed by atoms with E-state index in [2.05, 4.69) is 72.3 Å². The Kier molecular flexibility index (Phi) is 6.38. The first-order chi connectivity index (χ1) is 13.1. The number of anilines is 3. The molecule has 0 saturated carbocycles. The van der Waals surface area contributed by atoms with Crippen LogP contribution < -0.4 is 15.1 Å². The first-order valence-corrected chi connectivity index (χ1v) is 10.1. The van der Waals surface area contributed by atoms with Crippen molar-refractivity contribution in [1.82, 2.24) is 0 Å². The van der Waals surface area contributed by atoms with Crippen LogP contribution >= 0.6 is 0 Å². The minimum Gasteiger partial charge on any atom is -0.372 e. The molecule has 0 bridgehead atoms. The summed E-state index contributed by atoms with van der Waals surface area (Å²) in [6.45, 7) is 10.1. The number of nitrogens with one attached hydrogen (secondary N) is 1. The smallest absolute Gasteiger partial charge is 0.226 e. The monoisotopic (exact) mass is 365 g/mol. The highest BCUT2D eigenvalue weighted by molar-refractivity contribution is 5.92. The fourth-order valence-electron chi connectivity index (χ4n) is 3.87. The van der Waals surface area contributed by atoms with Crippen LogP contribution in [0, 0.1) is 6.92 Å². The summed E-state index contributed by atoms with van der Waals surface area (Å²) in [5.41, 5.74) is 5.91. The molecule has 4 heteroatoms. The van der Waals surface area contributed by atoms with E-state index in [0.29, 0.717) is 6.42 Å². The summed E-state index contributed by atoms with van der Waals surface area (Å²) in [5, 5.41) is 3.09. The van der Waals surface area contributed by atoms with Crippen LogP contribution in [-0.2, 0) is 11.2 Å². The van der Waals surface area contributed by atoms with E-state index in [4.69, 9.17) is 0 Å². The van der Waals surface area contributed by atoms with E-state index >= 15 is 0 Å². The molecule has 1 aliphatic heterocycles. The maximum atomic E-state index is 12.5. The molecule has 0 saturated heterocycles. The maximum Gasteiger partial charge on any atom is 0.226 e. The molecule has 1 N–H and O–H groups in total. The van der Waals surface area contributed by atoms with Gasteiger partial charge in [0.25, 0.3) is 0 Å². The lowest BCUT2D eigenvalue weighted by molar-refractivity contribution is -0.116. The minimum absolute atomic E-state index is 0.0803. The van der Waals surface area contributed by atoms with Gasteiger partial charge in [0.1, 0.15) is 0 Å². The molecule has 144 valence electrons. The van der Waals surface area contributed by atoms with Gasteiger partial charge in [-0.25, -0.2) is 0 Å². The SMILES string of the molecule is CCN(CC)c1ccc(NC(=O)CCN2CCCc3ccccc32)c(C)c1. The van der Waals surface area contributed by atoms with E-state index in [1.54, 1.807) is 0 Å². The number of hydrogen-bond donors (Lipinski definition) is 1. The molecule has 27 heavy (non-hydrogen) atoms. The molecule has 4 nitrogen and oxygen atoms in total. The zero-order valence-corrected chi connectivity index (χ0v) is 16.8. The Morgan fingerprint density at radius 1 is 1.15 bits per heavy atom. The van der Waals surface area contributed by atoms with Crippen molar-refractivity contribution in [3.05, 3.63) is 53.6 Å². The molecule has 0 spiro atoms. The molecule has 2 aromatic carbocycles. The number of rotatable bonds is 7. The number of nitrogens with zero attached hydrogens (tertiary/aromatic N) is 2. The summed E-state index contributed by atoms with van der Waals surface area (Å²) in [6, 6.07) is 14.8. The molecule has 0 unspecified atom stereocenters. The average Bonchev–Trinajstić information content (AvgIpc) is 2.69. The largest absolute Gasteiger partial charge is 0.372 e. The van der Waals surface area contributed by atoms with Crippen LogP contribution in [0.2, 0.25) is 0 Å². The molecule has 1 amide bonds. The van der Waals surface area contributed by atoms with E-state index in [0.717, 1.165) is 50.3 Å². The van der Waals surface area contributed by atoms with Gasteiger partial charge in [-0.05, 0) is 69.0 Å². The second-order valence-electron chi connectivity index (χ2n) is 7.19. The Balaban J connectivity index is 1.59. The third kappa shape index (κ3) is 4.62. The van der Waals surface area contributed by atoms with Gasteiger partial charge in [-0.1, -0.05) is 18.2 Å². The Hall–Kier alpha value is -2.49. The zero-order chi connectivity index (χ0) is 19.2. The standard InChI is InChI=1S/C23H31N3O/c1-4-25(5-2)20-12-13-21(18(3)17-20)24-23(27)14-16-26-15-8-10-19-9-6-7-11-22(19)26/h6-7,9,11-13,17H,4-5,8,10,14-16H2,1-3H3,(H,24,27). The molecule has 0 aromatic heterocycles. The van der Waals surface area contributed by atoms with Crippen molar-refractivity contribution in [1.29, 1.82) is 0 Å².